The molecule has 0 spiro atoms. The zero-order valence-corrected chi connectivity index (χ0v) is 21.5. The third kappa shape index (κ3) is 5.88. The first-order chi connectivity index (χ1) is 16.4. The quantitative estimate of drug-likeness (QED) is 0.199. The SMILES string of the molecule is O=C(CSc1nnc(CNC(=O)c2ccc(Cl)cc2Cl)n1-c1ccc(Br)cc1)c1ccccc1. The molecule has 0 unspecified atom stereocenters. The lowest BCUT2D eigenvalue weighted by Gasteiger charge is -2.11. The Hall–Kier alpha value is -2.65. The van der Waals surface area contributed by atoms with Crippen molar-refractivity contribution in [1.29, 1.82) is 0 Å². The van der Waals surface area contributed by atoms with E-state index < -0.39 is 0 Å². The maximum atomic E-state index is 12.7. The Morgan fingerprint density at radius 2 is 1.71 bits per heavy atom. The summed E-state index contributed by atoms with van der Waals surface area (Å²) in [5.74, 6) is 0.338. The van der Waals surface area contributed by atoms with E-state index in [-0.39, 0.29) is 29.0 Å². The van der Waals surface area contributed by atoms with E-state index >= 15 is 0 Å². The minimum Gasteiger partial charge on any atom is -0.345 e. The predicted octanol–water partition coefficient (Wildman–Crippen LogP) is 6.24. The molecule has 1 heterocycles. The smallest absolute Gasteiger partial charge is 0.253 e. The van der Waals surface area contributed by atoms with E-state index in [9.17, 15) is 9.59 Å². The van der Waals surface area contributed by atoms with Gasteiger partial charge in [-0.25, -0.2) is 0 Å². The molecule has 0 fully saturated rings. The Morgan fingerprint density at radius 1 is 0.971 bits per heavy atom. The van der Waals surface area contributed by atoms with Gasteiger partial charge in [-0.15, -0.1) is 10.2 Å². The molecule has 0 saturated heterocycles. The summed E-state index contributed by atoms with van der Waals surface area (Å²) in [6.45, 7) is 0.105. The molecule has 3 aromatic carbocycles. The molecule has 0 aliphatic carbocycles. The molecule has 34 heavy (non-hydrogen) atoms. The highest BCUT2D eigenvalue weighted by Crippen LogP contribution is 2.25. The lowest BCUT2D eigenvalue weighted by molar-refractivity contribution is 0.0949. The number of carbonyl (C=O) groups excluding carboxylic acids is 2. The second kappa shape index (κ2) is 11.2. The van der Waals surface area contributed by atoms with E-state index in [0.717, 1.165) is 10.2 Å². The van der Waals surface area contributed by atoms with E-state index in [1.165, 1.54) is 17.8 Å². The van der Waals surface area contributed by atoms with Gasteiger partial charge in [0, 0.05) is 20.7 Å². The first-order valence-electron chi connectivity index (χ1n) is 10.1. The minimum absolute atomic E-state index is 0.0109. The second-order valence-corrected chi connectivity index (χ2v) is 9.80. The molecule has 0 aliphatic rings. The molecular formula is C24H17BrCl2N4O2S. The number of nitrogens with zero attached hydrogens (tertiary/aromatic N) is 3. The van der Waals surface area contributed by atoms with Crippen molar-refractivity contribution in [3.05, 3.63) is 104 Å². The van der Waals surface area contributed by atoms with Gasteiger partial charge in [-0.1, -0.05) is 81.2 Å². The van der Waals surface area contributed by atoms with E-state index in [2.05, 4.69) is 31.4 Å². The molecule has 172 valence electrons. The van der Waals surface area contributed by atoms with Crippen LogP contribution in [0.25, 0.3) is 5.69 Å². The number of nitrogens with one attached hydrogen (secondary N) is 1. The number of amides is 1. The van der Waals surface area contributed by atoms with Crippen LogP contribution in [-0.2, 0) is 6.54 Å². The van der Waals surface area contributed by atoms with Gasteiger partial charge in [-0.3, -0.25) is 14.2 Å². The highest BCUT2D eigenvalue weighted by Gasteiger charge is 2.18. The molecule has 10 heteroatoms. The van der Waals surface area contributed by atoms with Crippen molar-refractivity contribution < 1.29 is 9.59 Å². The van der Waals surface area contributed by atoms with Crippen LogP contribution in [0.3, 0.4) is 0 Å². The van der Waals surface area contributed by atoms with E-state index in [4.69, 9.17) is 23.2 Å². The van der Waals surface area contributed by atoms with Crippen LogP contribution in [0.2, 0.25) is 10.0 Å². The van der Waals surface area contributed by atoms with E-state index in [0.29, 0.717) is 27.1 Å². The maximum Gasteiger partial charge on any atom is 0.253 e. The van der Waals surface area contributed by atoms with Crippen molar-refractivity contribution >= 4 is 62.6 Å². The topological polar surface area (TPSA) is 76.9 Å². The lowest BCUT2D eigenvalue weighted by atomic mass is 10.2. The van der Waals surface area contributed by atoms with Crippen LogP contribution >= 0.6 is 50.9 Å². The van der Waals surface area contributed by atoms with Crippen molar-refractivity contribution in [3.63, 3.8) is 0 Å². The van der Waals surface area contributed by atoms with Gasteiger partial charge in [0.1, 0.15) is 0 Å². The summed E-state index contributed by atoms with van der Waals surface area (Å²) in [4.78, 5) is 25.3. The van der Waals surface area contributed by atoms with E-state index in [1.54, 1.807) is 24.3 Å². The number of Topliss-reactive ketones (excluding diaryl/α,β-unsaturated/α-hetero) is 1. The number of hydrogen-bond acceptors (Lipinski definition) is 5. The standard InChI is InChI=1S/C24H17BrCl2N4O2S/c25-16-6-9-18(10-7-16)31-22(13-28-23(33)19-11-8-17(26)12-20(19)27)29-30-24(31)34-14-21(32)15-4-2-1-3-5-15/h1-12H,13-14H2,(H,28,33). The van der Waals surface area contributed by atoms with Gasteiger partial charge in [0.15, 0.2) is 16.8 Å². The minimum atomic E-state index is -0.361. The first kappa shape index (κ1) is 24.5. The molecule has 4 aromatic rings. The lowest BCUT2D eigenvalue weighted by Crippen LogP contribution is -2.25. The third-order valence-electron chi connectivity index (χ3n) is 4.80. The molecule has 0 saturated carbocycles. The third-order valence-corrected chi connectivity index (χ3v) is 6.80. The number of hydrogen-bond donors (Lipinski definition) is 1. The van der Waals surface area contributed by atoms with Gasteiger partial charge in [-0.05, 0) is 42.5 Å². The summed E-state index contributed by atoms with van der Waals surface area (Å²) in [5.41, 5.74) is 1.75. The van der Waals surface area contributed by atoms with Gasteiger partial charge in [0.2, 0.25) is 0 Å². The van der Waals surface area contributed by atoms with Crippen molar-refractivity contribution in [3.8, 4) is 5.69 Å². The van der Waals surface area contributed by atoms with Gasteiger partial charge in [-0.2, -0.15) is 0 Å². The maximum absolute atomic E-state index is 12.7. The summed E-state index contributed by atoms with van der Waals surface area (Å²) in [7, 11) is 0. The molecular weight excluding hydrogens is 559 g/mol. The monoisotopic (exact) mass is 574 g/mol. The van der Waals surface area contributed by atoms with Gasteiger partial charge in [0.25, 0.3) is 5.91 Å². The average Bonchev–Trinajstić information content (AvgIpc) is 3.24. The zero-order chi connectivity index (χ0) is 24.1. The molecule has 0 radical (unpaired) electrons. The van der Waals surface area contributed by atoms with Crippen LogP contribution in [0.4, 0.5) is 0 Å². The Labute approximate surface area is 218 Å². The molecule has 1 aromatic heterocycles. The Morgan fingerprint density at radius 3 is 2.41 bits per heavy atom. The molecule has 0 aliphatic heterocycles. The molecule has 0 bridgehead atoms. The fraction of sp³-hybridized carbons (Fsp3) is 0.0833. The van der Waals surface area contributed by atoms with Crippen molar-refractivity contribution in [2.75, 3.05) is 5.75 Å². The fourth-order valence-corrected chi connectivity index (χ4v) is 4.75. The van der Waals surface area contributed by atoms with Gasteiger partial charge >= 0.3 is 0 Å². The molecule has 0 atom stereocenters. The number of halogens is 3. The Kier molecular flexibility index (Phi) is 8.05. The number of rotatable bonds is 8. The van der Waals surface area contributed by atoms with Crippen LogP contribution < -0.4 is 5.32 Å². The zero-order valence-electron chi connectivity index (χ0n) is 17.5. The van der Waals surface area contributed by atoms with Gasteiger partial charge in [0.05, 0.1) is 22.9 Å². The normalized spacial score (nSPS) is 10.8. The summed E-state index contributed by atoms with van der Waals surface area (Å²) >= 11 is 16.8. The molecule has 1 amide bonds. The van der Waals surface area contributed by atoms with Gasteiger partial charge < -0.3 is 5.32 Å². The summed E-state index contributed by atoms with van der Waals surface area (Å²) in [6.07, 6.45) is 0. The van der Waals surface area contributed by atoms with Crippen LogP contribution in [-0.4, -0.2) is 32.2 Å². The largest absolute Gasteiger partial charge is 0.345 e. The highest BCUT2D eigenvalue weighted by atomic mass is 79.9. The Balaban J connectivity index is 1.56. The molecule has 1 N–H and O–H groups in total. The second-order valence-electron chi connectivity index (χ2n) is 7.10. The molecule has 4 rings (SSSR count). The predicted molar refractivity (Wildman–Crippen MR) is 138 cm³/mol. The van der Waals surface area contributed by atoms with Crippen LogP contribution in [0.1, 0.15) is 26.5 Å². The van der Waals surface area contributed by atoms with Crippen molar-refractivity contribution in [2.45, 2.75) is 11.7 Å². The Bertz CT molecular complexity index is 1330. The van der Waals surface area contributed by atoms with Crippen molar-refractivity contribution in [2.24, 2.45) is 0 Å². The summed E-state index contributed by atoms with van der Waals surface area (Å²) in [6, 6.07) is 21.4. The van der Waals surface area contributed by atoms with Crippen molar-refractivity contribution in [1.82, 2.24) is 20.1 Å². The summed E-state index contributed by atoms with van der Waals surface area (Å²) in [5, 5.41) is 12.6. The number of ketones is 1. The molecule has 6 nitrogen and oxygen atoms in total. The van der Waals surface area contributed by atoms with Crippen LogP contribution in [0.5, 0.6) is 0 Å². The number of carbonyl (C=O) groups is 2. The van der Waals surface area contributed by atoms with Crippen LogP contribution in [0, 0.1) is 0 Å². The summed E-state index contributed by atoms with van der Waals surface area (Å²) < 4.78 is 2.74. The average molecular weight is 576 g/mol. The fourth-order valence-electron chi connectivity index (χ4n) is 3.12. The number of aromatic nitrogens is 3. The highest BCUT2D eigenvalue weighted by molar-refractivity contribution is 9.10. The first-order valence-corrected chi connectivity index (χ1v) is 12.6. The van der Waals surface area contributed by atoms with Crippen LogP contribution in [0.15, 0.2) is 82.4 Å². The number of benzene rings is 3. The van der Waals surface area contributed by atoms with E-state index in [1.807, 2.05) is 47.0 Å². The number of thioether (sulfide) groups is 1.